The topological polar surface area (TPSA) is 59.2 Å². The second-order valence-electron chi connectivity index (χ2n) is 6.45. The normalized spacial score (nSPS) is 19.4. The Labute approximate surface area is 169 Å². The van der Waals surface area contributed by atoms with Crippen LogP contribution < -0.4 is 5.73 Å². The van der Waals surface area contributed by atoms with Crippen LogP contribution in [0.2, 0.25) is 0 Å². The predicted octanol–water partition coefficient (Wildman–Crippen LogP) is 3.92. The monoisotopic (exact) mass is 419 g/mol. The number of hydrogen-bond donors (Lipinski definition) is 1. The maximum absolute atomic E-state index is 13.0. The van der Waals surface area contributed by atoms with Crippen molar-refractivity contribution in [2.75, 3.05) is 13.1 Å². The fourth-order valence-electron chi connectivity index (χ4n) is 3.16. The molecule has 4 nitrogen and oxygen atoms in total. The minimum Gasteiger partial charge on any atom is -0.333 e. The van der Waals surface area contributed by atoms with Crippen LogP contribution in [0.5, 0.6) is 0 Å². The number of amides is 1. The number of benzene rings is 1. The van der Waals surface area contributed by atoms with Crippen LogP contribution in [0.25, 0.3) is 0 Å². The van der Waals surface area contributed by atoms with Crippen LogP contribution in [0.3, 0.4) is 0 Å². The van der Waals surface area contributed by atoms with Crippen molar-refractivity contribution in [2.24, 2.45) is 11.7 Å². The molecule has 2 heterocycles. The fourth-order valence-corrected chi connectivity index (χ4v) is 3.96. The number of rotatable bonds is 4. The molecule has 2 unspecified atom stereocenters. The van der Waals surface area contributed by atoms with E-state index in [9.17, 15) is 9.18 Å². The summed E-state index contributed by atoms with van der Waals surface area (Å²) in [6.45, 7) is 3.43. The molecule has 0 spiro atoms. The fraction of sp³-hybridized carbons (Fsp3) is 0.444. The van der Waals surface area contributed by atoms with Gasteiger partial charge >= 0.3 is 0 Å². The van der Waals surface area contributed by atoms with Crippen molar-refractivity contribution in [3.8, 4) is 0 Å². The van der Waals surface area contributed by atoms with Gasteiger partial charge in [-0.25, -0.2) is 9.37 Å². The summed E-state index contributed by atoms with van der Waals surface area (Å²) in [4.78, 5) is 19.1. The molecule has 1 aliphatic rings. The Morgan fingerprint density at radius 1 is 1.35 bits per heavy atom. The molecule has 1 fully saturated rings. The Hall–Kier alpha value is -1.21. The van der Waals surface area contributed by atoms with Gasteiger partial charge in [0.2, 0.25) is 0 Å². The number of nitrogens with two attached hydrogens (primary N) is 1. The van der Waals surface area contributed by atoms with Gasteiger partial charge in [0.25, 0.3) is 5.91 Å². The third-order valence-electron chi connectivity index (χ3n) is 4.55. The molecule has 2 aromatic rings. The first-order valence-electron chi connectivity index (χ1n) is 8.26. The van der Waals surface area contributed by atoms with Crippen molar-refractivity contribution in [1.82, 2.24) is 9.88 Å². The minimum atomic E-state index is -0.249. The summed E-state index contributed by atoms with van der Waals surface area (Å²) in [7, 11) is 0. The molecule has 1 amide bonds. The molecule has 0 radical (unpaired) electrons. The van der Waals surface area contributed by atoms with Crippen LogP contribution in [0.4, 0.5) is 4.39 Å². The molecule has 0 aliphatic carbocycles. The molecular weight excluding hydrogens is 396 g/mol. The smallest absolute Gasteiger partial charge is 0.273 e. The summed E-state index contributed by atoms with van der Waals surface area (Å²) in [6.07, 6.45) is 2.57. The summed E-state index contributed by atoms with van der Waals surface area (Å²) in [5.41, 5.74) is 7.32. The van der Waals surface area contributed by atoms with Gasteiger partial charge in [-0.2, -0.15) is 0 Å². The van der Waals surface area contributed by atoms with E-state index < -0.39 is 0 Å². The lowest BCUT2D eigenvalue weighted by atomic mass is 9.92. The zero-order chi connectivity index (χ0) is 17.1. The lowest BCUT2D eigenvalue weighted by Crippen LogP contribution is -2.49. The summed E-state index contributed by atoms with van der Waals surface area (Å²) < 4.78 is 13.0. The number of hydrogen-bond acceptors (Lipinski definition) is 4. The van der Waals surface area contributed by atoms with Crippen LogP contribution in [-0.4, -0.2) is 34.9 Å². The van der Waals surface area contributed by atoms with E-state index in [4.69, 9.17) is 5.73 Å². The first-order chi connectivity index (χ1) is 11.6. The number of nitrogens with zero attached hydrogens (tertiary/aromatic N) is 2. The number of thiazole rings is 1. The number of carbonyl (C=O) groups excluding carboxylic acids is 1. The van der Waals surface area contributed by atoms with E-state index in [1.165, 1.54) is 23.5 Å². The summed E-state index contributed by atoms with van der Waals surface area (Å²) in [6, 6.07) is 6.47. The molecule has 2 atom stereocenters. The molecule has 8 heteroatoms. The molecule has 1 aliphatic heterocycles. The van der Waals surface area contributed by atoms with Gasteiger partial charge < -0.3 is 10.6 Å². The lowest BCUT2D eigenvalue weighted by molar-refractivity contribution is 0.0568. The molecule has 26 heavy (non-hydrogen) atoms. The summed E-state index contributed by atoms with van der Waals surface area (Å²) in [5, 5.41) is 2.67. The second kappa shape index (κ2) is 10.2. The van der Waals surface area contributed by atoms with Crippen LogP contribution >= 0.6 is 36.2 Å². The molecule has 2 N–H and O–H groups in total. The molecule has 3 rings (SSSR count). The molecule has 1 saturated heterocycles. The van der Waals surface area contributed by atoms with E-state index in [1.807, 2.05) is 10.3 Å². The maximum Gasteiger partial charge on any atom is 0.273 e. The van der Waals surface area contributed by atoms with Crippen LogP contribution in [0, 0.1) is 11.7 Å². The van der Waals surface area contributed by atoms with E-state index in [2.05, 4.69) is 11.9 Å². The summed E-state index contributed by atoms with van der Waals surface area (Å²) in [5.74, 6) is 0.326. The van der Waals surface area contributed by atoms with Crippen molar-refractivity contribution in [1.29, 1.82) is 0 Å². The Bertz CT molecular complexity index is 711. The number of piperidine rings is 1. The van der Waals surface area contributed by atoms with Gasteiger partial charge in [0, 0.05) is 30.9 Å². The van der Waals surface area contributed by atoms with Gasteiger partial charge in [0.1, 0.15) is 11.5 Å². The van der Waals surface area contributed by atoms with Gasteiger partial charge in [-0.1, -0.05) is 19.1 Å². The highest BCUT2D eigenvalue weighted by Crippen LogP contribution is 2.24. The molecule has 1 aromatic carbocycles. The zero-order valence-corrected chi connectivity index (χ0v) is 17.0. The average molecular weight is 420 g/mol. The number of carbonyl (C=O) groups is 1. The lowest BCUT2D eigenvalue weighted by Gasteiger charge is -2.37. The van der Waals surface area contributed by atoms with Gasteiger partial charge in [-0.05, 0) is 36.5 Å². The highest BCUT2D eigenvalue weighted by Gasteiger charge is 2.30. The first-order valence-corrected chi connectivity index (χ1v) is 9.14. The third-order valence-corrected chi connectivity index (χ3v) is 5.40. The zero-order valence-electron chi connectivity index (χ0n) is 14.6. The van der Waals surface area contributed by atoms with E-state index >= 15 is 0 Å². The maximum atomic E-state index is 13.0. The van der Waals surface area contributed by atoms with Crippen LogP contribution in [0.15, 0.2) is 29.6 Å². The van der Waals surface area contributed by atoms with Crippen molar-refractivity contribution in [2.45, 2.75) is 32.2 Å². The second-order valence-corrected chi connectivity index (χ2v) is 7.39. The molecule has 0 bridgehead atoms. The summed E-state index contributed by atoms with van der Waals surface area (Å²) >= 11 is 1.47. The van der Waals surface area contributed by atoms with E-state index in [1.54, 1.807) is 12.1 Å². The molecule has 1 aromatic heterocycles. The highest BCUT2D eigenvalue weighted by molar-refractivity contribution is 7.09. The van der Waals surface area contributed by atoms with E-state index in [0.717, 1.165) is 30.0 Å². The molecular formula is C18H24Cl2FN3OS. The third kappa shape index (κ3) is 5.39. The van der Waals surface area contributed by atoms with Gasteiger partial charge in [0.05, 0.1) is 5.01 Å². The Morgan fingerprint density at radius 2 is 2.04 bits per heavy atom. The number of halogens is 3. The average Bonchev–Trinajstić information content (AvgIpc) is 3.04. The van der Waals surface area contributed by atoms with Crippen LogP contribution in [-0.2, 0) is 6.42 Å². The Balaban J connectivity index is 0.00000169. The van der Waals surface area contributed by atoms with E-state index in [0.29, 0.717) is 24.6 Å². The first kappa shape index (κ1) is 22.8. The standard InChI is InChI=1S/C18H22FN3OS.2ClH/c1-12-6-7-22(15(8-12)10-20)18(23)16-11-24-17(21-16)9-13-2-4-14(19)5-3-13;;/h2-5,11-12,15H,6-10,20H2,1H3;2*1H. The SMILES string of the molecule is CC1CCN(C(=O)c2csc(Cc3ccc(F)cc3)n2)C(CN)C1.Cl.Cl. The number of aromatic nitrogens is 1. The molecule has 144 valence electrons. The van der Waals surface area contributed by atoms with Crippen molar-refractivity contribution in [3.63, 3.8) is 0 Å². The largest absolute Gasteiger partial charge is 0.333 e. The minimum absolute atomic E-state index is 0. The van der Waals surface area contributed by atoms with Crippen molar-refractivity contribution in [3.05, 3.63) is 51.7 Å². The van der Waals surface area contributed by atoms with Crippen molar-refractivity contribution < 1.29 is 9.18 Å². The Morgan fingerprint density at radius 3 is 2.69 bits per heavy atom. The van der Waals surface area contributed by atoms with Gasteiger partial charge in [-0.3, -0.25) is 4.79 Å². The highest BCUT2D eigenvalue weighted by atomic mass is 35.5. The number of likely N-dealkylation sites (tertiary alicyclic amines) is 1. The Kier molecular flexibility index (Phi) is 8.96. The quantitative estimate of drug-likeness (QED) is 0.816. The van der Waals surface area contributed by atoms with E-state index in [-0.39, 0.29) is 42.6 Å². The van der Waals surface area contributed by atoms with Gasteiger partial charge in [0.15, 0.2) is 0 Å². The van der Waals surface area contributed by atoms with Crippen LogP contribution in [0.1, 0.15) is 40.8 Å². The van der Waals surface area contributed by atoms with Crippen molar-refractivity contribution >= 4 is 42.1 Å². The van der Waals surface area contributed by atoms with Gasteiger partial charge in [-0.15, -0.1) is 36.2 Å². The molecule has 0 saturated carbocycles. The predicted molar refractivity (Wildman–Crippen MR) is 108 cm³/mol.